The SMILES string of the molecule is Fc1cc(Cl)ccc1Cc1cccc2c1nc1n2CCNC1.O=C(O)C(F)(F)F. The first-order chi connectivity index (χ1) is 13.7. The predicted octanol–water partition coefficient (Wildman–Crippen LogP) is 4.16. The lowest BCUT2D eigenvalue weighted by Gasteiger charge is -2.15. The van der Waals surface area contributed by atoms with Crippen LogP contribution in [-0.4, -0.2) is 33.3 Å². The molecule has 0 unspecified atom stereocenters. The monoisotopic (exact) mass is 429 g/mol. The number of benzene rings is 2. The second-order valence-corrected chi connectivity index (χ2v) is 6.79. The van der Waals surface area contributed by atoms with Gasteiger partial charge in [0.1, 0.15) is 11.6 Å². The first-order valence-corrected chi connectivity index (χ1v) is 8.96. The minimum atomic E-state index is -5.08. The third-order valence-electron chi connectivity index (χ3n) is 4.38. The molecule has 0 spiro atoms. The molecule has 154 valence electrons. The molecule has 0 radical (unpaired) electrons. The van der Waals surface area contributed by atoms with Crippen molar-refractivity contribution in [1.82, 2.24) is 14.9 Å². The number of rotatable bonds is 2. The normalized spacial score (nSPS) is 13.6. The molecule has 0 fully saturated rings. The number of carboxylic acid groups (broad SMARTS) is 1. The molecule has 29 heavy (non-hydrogen) atoms. The van der Waals surface area contributed by atoms with Gasteiger partial charge in [0.15, 0.2) is 0 Å². The summed E-state index contributed by atoms with van der Waals surface area (Å²) >= 11 is 5.82. The van der Waals surface area contributed by atoms with Crippen LogP contribution in [0.15, 0.2) is 36.4 Å². The summed E-state index contributed by atoms with van der Waals surface area (Å²) in [6.45, 7) is 2.66. The Morgan fingerprint density at radius 2 is 1.97 bits per heavy atom. The second kappa shape index (κ2) is 8.38. The molecular weight excluding hydrogens is 414 g/mol. The van der Waals surface area contributed by atoms with Gasteiger partial charge in [-0.05, 0) is 29.3 Å². The number of carbonyl (C=O) groups is 1. The average Bonchev–Trinajstić information content (AvgIpc) is 3.03. The molecule has 0 amide bonds. The van der Waals surface area contributed by atoms with Crippen LogP contribution >= 0.6 is 11.6 Å². The molecule has 0 atom stereocenters. The van der Waals surface area contributed by atoms with Crippen molar-refractivity contribution >= 4 is 28.6 Å². The Bertz CT molecular complexity index is 1050. The Balaban J connectivity index is 0.000000298. The van der Waals surface area contributed by atoms with Crippen LogP contribution in [0.3, 0.4) is 0 Å². The summed E-state index contributed by atoms with van der Waals surface area (Å²) in [5.74, 6) is -1.98. The fraction of sp³-hybridized carbons (Fsp3) is 0.263. The van der Waals surface area contributed by atoms with E-state index in [2.05, 4.69) is 16.0 Å². The third kappa shape index (κ3) is 4.86. The average molecular weight is 430 g/mol. The van der Waals surface area contributed by atoms with E-state index in [-0.39, 0.29) is 5.82 Å². The predicted molar refractivity (Wildman–Crippen MR) is 99.3 cm³/mol. The van der Waals surface area contributed by atoms with Crippen molar-refractivity contribution in [3.63, 3.8) is 0 Å². The largest absolute Gasteiger partial charge is 0.490 e. The highest BCUT2D eigenvalue weighted by Gasteiger charge is 2.38. The number of aromatic nitrogens is 2. The molecule has 1 aromatic heterocycles. The van der Waals surface area contributed by atoms with Crippen LogP contribution in [0.1, 0.15) is 17.0 Å². The van der Waals surface area contributed by atoms with Crippen molar-refractivity contribution in [2.75, 3.05) is 6.54 Å². The number of hydrogen-bond donors (Lipinski definition) is 2. The minimum absolute atomic E-state index is 0.268. The van der Waals surface area contributed by atoms with Crippen molar-refractivity contribution in [2.45, 2.75) is 25.7 Å². The summed E-state index contributed by atoms with van der Waals surface area (Å²) in [4.78, 5) is 13.6. The number of hydrogen-bond acceptors (Lipinski definition) is 3. The van der Waals surface area contributed by atoms with Crippen LogP contribution in [0, 0.1) is 5.82 Å². The van der Waals surface area contributed by atoms with E-state index in [0.717, 1.165) is 42.1 Å². The smallest absolute Gasteiger partial charge is 0.475 e. The number of carboxylic acids is 1. The van der Waals surface area contributed by atoms with Gasteiger partial charge in [-0.2, -0.15) is 13.2 Å². The van der Waals surface area contributed by atoms with Crippen molar-refractivity contribution in [1.29, 1.82) is 0 Å². The van der Waals surface area contributed by atoms with E-state index in [9.17, 15) is 17.6 Å². The van der Waals surface area contributed by atoms with Gasteiger partial charge in [-0.15, -0.1) is 0 Å². The van der Waals surface area contributed by atoms with E-state index in [1.54, 1.807) is 12.1 Å². The Kier molecular flexibility index (Phi) is 6.09. The van der Waals surface area contributed by atoms with Crippen LogP contribution in [-0.2, 0) is 24.3 Å². The van der Waals surface area contributed by atoms with E-state index in [1.807, 2.05) is 12.1 Å². The fourth-order valence-electron chi connectivity index (χ4n) is 3.04. The number of para-hydroxylation sites is 1. The molecule has 0 saturated carbocycles. The highest BCUT2D eigenvalue weighted by molar-refractivity contribution is 6.30. The number of halogens is 5. The molecule has 0 saturated heterocycles. The summed E-state index contributed by atoms with van der Waals surface area (Å²) in [5.41, 5.74) is 3.78. The van der Waals surface area contributed by atoms with Gasteiger partial charge in [0.2, 0.25) is 0 Å². The minimum Gasteiger partial charge on any atom is -0.475 e. The molecule has 3 aromatic rings. The van der Waals surface area contributed by atoms with Gasteiger partial charge in [0.05, 0.1) is 17.6 Å². The maximum atomic E-state index is 14.0. The molecule has 2 N–H and O–H groups in total. The van der Waals surface area contributed by atoms with Gasteiger partial charge in [-0.1, -0.05) is 29.8 Å². The van der Waals surface area contributed by atoms with Crippen molar-refractivity contribution in [3.05, 3.63) is 64.2 Å². The molecular formula is C19H16ClF4N3O2. The van der Waals surface area contributed by atoms with Gasteiger partial charge in [0.25, 0.3) is 0 Å². The zero-order valence-electron chi connectivity index (χ0n) is 14.9. The number of nitrogens with zero attached hydrogens (tertiary/aromatic N) is 2. The van der Waals surface area contributed by atoms with Crippen molar-refractivity contribution < 1.29 is 27.5 Å². The van der Waals surface area contributed by atoms with Crippen molar-refractivity contribution in [2.24, 2.45) is 0 Å². The highest BCUT2D eigenvalue weighted by atomic mass is 35.5. The summed E-state index contributed by atoms with van der Waals surface area (Å²) in [6.07, 6.45) is -4.57. The maximum Gasteiger partial charge on any atom is 0.490 e. The zero-order valence-corrected chi connectivity index (χ0v) is 15.7. The summed E-state index contributed by atoms with van der Waals surface area (Å²) in [5, 5.41) is 10.9. The lowest BCUT2D eigenvalue weighted by Crippen LogP contribution is -2.28. The van der Waals surface area contributed by atoms with E-state index in [4.69, 9.17) is 26.5 Å². The summed E-state index contributed by atoms with van der Waals surface area (Å²) in [7, 11) is 0. The van der Waals surface area contributed by atoms with E-state index < -0.39 is 12.1 Å². The van der Waals surface area contributed by atoms with E-state index in [1.165, 1.54) is 6.07 Å². The van der Waals surface area contributed by atoms with Crippen LogP contribution in [0.5, 0.6) is 0 Å². The summed E-state index contributed by atoms with van der Waals surface area (Å²) < 4.78 is 48.0. The highest BCUT2D eigenvalue weighted by Crippen LogP contribution is 2.25. The molecule has 2 heterocycles. The Morgan fingerprint density at radius 1 is 1.24 bits per heavy atom. The van der Waals surface area contributed by atoms with E-state index in [0.29, 0.717) is 17.0 Å². The first-order valence-electron chi connectivity index (χ1n) is 8.58. The molecule has 10 heteroatoms. The molecule has 2 aromatic carbocycles. The molecule has 0 aliphatic carbocycles. The number of imidazole rings is 1. The Hall–Kier alpha value is -2.65. The number of nitrogens with one attached hydrogen (secondary N) is 1. The van der Waals surface area contributed by atoms with Gasteiger partial charge in [-0.25, -0.2) is 14.2 Å². The van der Waals surface area contributed by atoms with Gasteiger partial charge >= 0.3 is 12.1 Å². The van der Waals surface area contributed by atoms with Crippen LogP contribution in [0.25, 0.3) is 11.0 Å². The molecule has 4 rings (SSSR count). The van der Waals surface area contributed by atoms with Gasteiger partial charge < -0.3 is 15.0 Å². The summed E-state index contributed by atoms with van der Waals surface area (Å²) in [6, 6.07) is 10.9. The van der Waals surface area contributed by atoms with Gasteiger partial charge in [0, 0.05) is 24.5 Å². The lowest BCUT2D eigenvalue weighted by atomic mass is 10.0. The lowest BCUT2D eigenvalue weighted by molar-refractivity contribution is -0.192. The van der Waals surface area contributed by atoms with Crippen LogP contribution in [0.4, 0.5) is 17.6 Å². The number of fused-ring (bicyclic) bond motifs is 3. The number of alkyl halides is 3. The second-order valence-electron chi connectivity index (χ2n) is 6.36. The zero-order chi connectivity index (χ0) is 21.2. The third-order valence-corrected chi connectivity index (χ3v) is 4.61. The molecule has 1 aliphatic rings. The van der Waals surface area contributed by atoms with Gasteiger partial charge in [-0.3, -0.25) is 0 Å². The first kappa shape index (κ1) is 21.1. The number of aliphatic carboxylic acids is 1. The molecule has 1 aliphatic heterocycles. The van der Waals surface area contributed by atoms with Crippen molar-refractivity contribution in [3.8, 4) is 0 Å². The van der Waals surface area contributed by atoms with Crippen LogP contribution < -0.4 is 5.32 Å². The molecule has 5 nitrogen and oxygen atoms in total. The fourth-order valence-corrected chi connectivity index (χ4v) is 3.20. The van der Waals surface area contributed by atoms with E-state index >= 15 is 0 Å². The maximum absolute atomic E-state index is 14.0. The standard InChI is InChI=1S/C17H15ClFN3.C2HF3O2/c18-13-5-4-11(14(19)9-13)8-12-2-1-3-15-17(12)21-16-10-20-6-7-22(15)16;3-2(4,5)1(6)7/h1-5,9,20H,6-8,10H2;(H,6,7). The topological polar surface area (TPSA) is 67.2 Å². The Labute approximate surface area is 167 Å². The molecule has 0 bridgehead atoms. The van der Waals surface area contributed by atoms with Crippen LogP contribution in [0.2, 0.25) is 5.02 Å². The Morgan fingerprint density at radius 3 is 2.62 bits per heavy atom. The quantitative estimate of drug-likeness (QED) is 0.600.